The molecule has 15 heavy (non-hydrogen) atoms. The SMILES string of the molecule is N[C@@H](CS/C(Cl)=C/Cl)C(=O)NCC(=O)O. The fourth-order valence-corrected chi connectivity index (χ4v) is 1.50. The molecule has 0 heterocycles. The second-order valence-electron chi connectivity index (χ2n) is 2.44. The van der Waals surface area contributed by atoms with Gasteiger partial charge in [-0.1, -0.05) is 23.2 Å². The maximum atomic E-state index is 11.1. The van der Waals surface area contributed by atoms with Crippen molar-refractivity contribution in [2.75, 3.05) is 12.3 Å². The van der Waals surface area contributed by atoms with Crippen molar-refractivity contribution in [2.24, 2.45) is 5.73 Å². The standard InChI is InChI=1S/C7H10Cl2N2O3S/c8-1-5(9)15-3-4(10)7(14)11-2-6(12)13/h1,4H,2-3,10H2,(H,11,14)(H,12,13)/b5-1+/t4-/m0/s1. The summed E-state index contributed by atoms with van der Waals surface area (Å²) in [5.74, 6) is -1.43. The first kappa shape index (κ1) is 14.6. The molecule has 0 aliphatic heterocycles. The van der Waals surface area contributed by atoms with Crippen molar-refractivity contribution in [3.8, 4) is 0 Å². The Bertz CT molecular complexity index is 273. The molecule has 0 rings (SSSR count). The van der Waals surface area contributed by atoms with Gasteiger partial charge in [-0.3, -0.25) is 9.59 Å². The average molecular weight is 273 g/mol. The summed E-state index contributed by atoms with van der Waals surface area (Å²) in [5.41, 5.74) is 6.61. The molecular weight excluding hydrogens is 263 g/mol. The molecule has 5 nitrogen and oxygen atoms in total. The molecule has 86 valence electrons. The summed E-state index contributed by atoms with van der Waals surface area (Å²) in [6.45, 7) is -0.448. The topological polar surface area (TPSA) is 92.4 Å². The van der Waals surface area contributed by atoms with Crippen molar-refractivity contribution >= 4 is 46.8 Å². The van der Waals surface area contributed by atoms with Crippen LogP contribution in [-0.4, -0.2) is 35.3 Å². The number of carbonyl (C=O) groups excluding carboxylic acids is 1. The van der Waals surface area contributed by atoms with Crippen LogP contribution in [0.4, 0.5) is 0 Å². The second-order valence-corrected chi connectivity index (χ2v) is 4.35. The van der Waals surface area contributed by atoms with Crippen LogP contribution in [0.15, 0.2) is 9.90 Å². The molecule has 0 radical (unpaired) electrons. The van der Waals surface area contributed by atoms with Crippen LogP contribution in [0.5, 0.6) is 0 Å². The normalized spacial score (nSPS) is 13.4. The Labute approximate surface area is 101 Å². The van der Waals surface area contributed by atoms with E-state index in [2.05, 4.69) is 5.32 Å². The molecule has 0 aromatic heterocycles. The van der Waals surface area contributed by atoms with Crippen LogP contribution >= 0.6 is 35.0 Å². The van der Waals surface area contributed by atoms with E-state index in [1.807, 2.05) is 0 Å². The number of thioether (sulfide) groups is 1. The molecule has 0 fully saturated rings. The highest BCUT2D eigenvalue weighted by molar-refractivity contribution is 8.04. The zero-order valence-corrected chi connectivity index (χ0v) is 9.90. The first-order valence-electron chi connectivity index (χ1n) is 3.81. The largest absolute Gasteiger partial charge is 0.480 e. The van der Waals surface area contributed by atoms with E-state index in [0.717, 1.165) is 17.3 Å². The van der Waals surface area contributed by atoms with Crippen molar-refractivity contribution in [3.63, 3.8) is 0 Å². The van der Waals surface area contributed by atoms with Gasteiger partial charge < -0.3 is 16.2 Å². The van der Waals surface area contributed by atoms with Gasteiger partial charge in [-0.2, -0.15) is 0 Å². The van der Waals surface area contributed by atoms with E-state index in [-0.39, 0.29) is 5.75 Å². The fraction of sp³-hybridized carbons (Fsp3) is 0.429. The second kappa shape index (κ2) is 7.81. The van der Waals surface area contributed by atoms with E-state index in [0.29, 0.717) is 4.36 Å². The Kier molecular flexibility index (Phi) is 7.59. The maximum Gasteiger partial charge on any atom is 0.322 e. The third-order valence-electron chi connectivity index (χ3n) is 1.24. The number of carbonyl (C=O) groups is 2. The monoisotopic (exact) mass is 272 g/mol. The summed E-state index contributed by atoms with van der Waals surface area (Å²) in [7, 11) is 0. The molecule has 1 atom stereocenters. The van der Waals surface area contributed by atoms with Crippen molar-refractivity contribution < 1.29 is 14.7 Å². The van der Waals surface area contributed by atoms with Crippen LogP contribution < -0.4 is 11.1 Å². The number of amides is 1. The maximum absolute atomic E-state index is 11.1. The van der Waals surface area contributed by atoms with Crippen LogP contribution in [-0.2, 0) is 9.59 Å². The van der Waals surface area contributed by atoms with Crippen molar-refractivity contribution in [2.45, 2.75) is 6.04 Å². The first-order chi connectivity index (χ1) is 6.97. The number of carboxylic acids is 1. The zero-order chi connectivity index (χ0) is 11.8. The van der Waals surface area contributed by atoms with Gasteiger partial charge in [0.2, 0.25) is 5.91 Å². The minimum absolute atomic E-state index is 0.230. The quantitative estimate of drug-likeness (QED) is 0.656. The first-order valence-corrected chi connectivity index (χ1v) is 5.61. The van der Waals surface area contributed by atoms with E-state index < -0.39 is 24.5 Å². The summed E-state index contributed by atoms with van der Waals surface area (Å²) < 4.78 is 0.318. The number of hydrogen-bond acceptors (Lipinski definition) is 4. The van der Waals surface area contributed by atoms with E-state index in [4.69, 9.17) is 34.0 Å². The highest BCUT2D eigenvalue weighted by Crippen LogP contribution is 2.20. The molecule has 0 saturated carbocycles. The van der Waals surface area contributed by atoms with Gasteiger partial charge in [0.25, 0.3) is 0 Å². The van der Waals surface area contributed by atoms with Crippen molar-refractivity contribution in [3.05, 3.63) is 9.90 Å². The van der Waals surface area contributed by atoms with Gasteiger partial charge in [0.1, 0.15) is 6.54 Å². The van der Waals surface area contributed by atoms with Crippen molar-refractivity contribution in [1.82, 2.24) is 5.32 Å². The molecule has 8 heteroatoms. The molecule has 0 aliphatic rings. The zero-order valence-electron chi connectivity index (χ0n) is 7.57. The fourth-order valence-electron chi connectivity index (χ4n) is 0.570. The van der Waals surface area contributed by atoms with E-state index >= 15 is 0 Å². The summed E-state index contributed by atoms with van der Waals surface area (Å²) in [6, 6.07) is -0.820. The number of rotatable bonds is 6. The van der Waals surface area contributed by atoms with Crippen molar-refractivity contribution in [1.29, 1.82) is 0 Å². The highest BCUT2D eigenvalue weighted by Gasteiger charge is 2.14. The van der Waals surface area contributed by atoms with E-state index in [1.54, 1.807) is 0 Å². The minimum atomic E-state index is -1.12. The third-order valence-corrected chi connectivity index (χ3v) is 3.05. The van der Waals surface area contributed by atoms with Gasteiger partial charge in [-0.15, -0.1) is 11.8 Å². The predicted molar refractivity (Wildman–Crippen MR) is 60.9 cm³/mol. The number of hydrogen-bond donors (Lipinski definition) is 3. The van der Waals surface area contributed by atoms with Crippen LogP contribution in [0.3, 0.4) is 0 Å². The Balaban J connectivity index is 3.84. The number of aliphatic carboxylic acids is 1. The molecule has 0 saturated heterocycles. The molecule has 0 aromatic carbocycles. The smallest absolute Gasteiger partial charge is 0.322 e. The minimum Gasteiger partial charge on any atom is -0.480 e. The molecule has 0 spiro atoms. The van der Waals surface area contributed by atoms with E-state index in [1.165, 1.54) is 0 Å². The number of halogens is 2. The number of carboxylic acid groups (broad SMARTS) is 1. The molecule has 0 unspecified atom stereocenters. The summed E-state index contributed by atoms with van der Waals surface area (Å²) in [4.78, 5) is 21.3. The molecular formula is C7H10Cl2N2O3S. The molecule has 0 aliphatic carbocycles. The van der Waals surface area contributed by atoms with Crippen LogP contribution in [0, 0.1) is 0 Å². The van der Waals surface area contributed by atoms with Crippen LogP contribution in [0.25, 0.3) is 0 Å². The van der Waals surface area contributed by atoms with Gasteiger partial charge in [0.05, 0.1) is 10.4 Å². The molecule has 4 N–H and O–H groups in total. The van der Waals surface area contributed by atoms with Gasteiger partial charge in [0.15, 0.2) is 0 Å². The summed E-state index contributed by atoms with van der Waals surface area (Å²) >= 11 is 11.9. The predicted octanol–water partition coefficient (Wildman–Crippen LogP) is 0.524. The van der Waals surface area contributed by atoms with Gasteiger partial charge >= 0.3 is 5.97 Å². The molecule has 1 amide bonds. The lowest BCUT2D eigenvalue weighted by Gasteiger charge is -2.09. The lowest BCUT2D eigenvalue weighted by Crippen LogP contribution is -2.44. The van der Waals surface area contributed by atoms with Gasteiger partial charge in [0, 0.05) is 11.3 Å². The Hall–Kier alpha value is -0.430. The van der Waals surface area contributed by atoms with Gasteiger partial charge in [-0.05, 0) is 0 Å². The Morgan fingerprint density at radius 2 is 2.20 bits per heavy atom. The number of nitrogens with two attached hydrogens (primary N) is 1. The third kappa shape index (κ3) is 7.49. The van der Waals surface area contributed by atoms with Gasteiger partial charge in [-0.25, -0.2) is 0 Å². The molecule has 0 aromatic rings. The summed E-state index contributed by atoms with van der Waals surface area (Å²) in [5, 5.41) is 10.4. The Morgan fingerprint density at radius 1 is 1.60 bits per heavy atom. The Morgan fingerprint density at radius 3 is 2.67 bits per heavy atom. The highest BCUT2D eigenvalue weighted by atomic mass is 35.5. The summed E-state index contributed by atoms with van der Waals surface area (Å²) in [6.07, 6.45) is 0. The number of nitrogens with one attached hydrogen (secondary N) is 1. The van der Waals surface area contributed by atoms with Crippen LogP contribution in [0.2, 0.25) is 0 Å². The molecule has 0 bridgehead atoms. The average Bonchev–Trinajstić information content (AvgIpc) is 2.21. The lowest BCUT2D eigenvalue weighted by molar-refractivity contribution is -0.138. The lowest BCUT2D eigenvalue weighted by atomic mass is 10.3. The van der Waals surface area contributed by atoms with Crippen LogP contribution in [0.1, 0.15) is 0 Å². The van der Waals surface area contributed by atoms with E-state index in [9.17, 15) is 9.59 Å².